The van der Waals surface area contributed by atoms with Crippen LogP contribution in [0.5, 0.6) is 0 Å². The van der Waals surface area contributed by atoms with E-state index in [0.717, 1.165) is 11.3 Å². The molecule has 127 valence electrons. The number of hydrogen-bond acceptors (Lipinski definition) is 2. The summed E-state index contributed by atoms with van der Waals surface area (Å²) in [5, 5.41) is 0. The summed E-state index contributed by atoms with van der Waals surface area (Å²) in [6.07, 6.45) is 5.29. The first-order valence-electron chi connectivity index (χ1n) is 7.61. The molecule has 25 heavy (non-hydrogen) atoms. The van der Waals surface area contributed by atoms with Crippen LogP contribution in [0.3, 0.4) is 0 Å². The molecular weight excluding hydrogens is 484 g/mol. The van der Waals surface area contributed by atoms with Gasteiger partial charge < -0.3 is 4.98 Å². The van der Waals surface area contributed by atoms with Gasteiger partial charge in [-0.3, -0.25) is 4.98 Å². The Bertz CT molecular complexity index is 626. The van der Waals surface area contributed by atoms with E-state index in [2.05, 4.69) is 22.1 Å². The average Bonchev–Trinajstić information content (AvgIpc) is 2.73. The second-order valence-electron chi connectivity index (χ2n) is 4.59. The van der Waals surface area contributed by atoms with Gasteiger partial charge in [-0.15, -0.1) is 35.9 Å². The van der Waals surface area contributed by atoms with Gasteiger partial charge in [0.15, 0.2) is 0 Å². The molecule has 4 rings (SSSR count). The summed E-state index contributed by atoms with van der Waals surface area (Å²) in [6, 6.07) is 35.0. The van der Waals surface area contributed by atoms with Gasteiger partial charge in [-0.2, -0.15) is 36.4 Å². The molecule has 2 nitrogen and oxygen atoms in total. The average molecular weight is 503 g/mol. The molecule has 2 heterocycles. The van der Waals surface area contributed by atoms with Gasteiger partial charge in [0.2, 0.25) is 0 Å². The Kier molecular flexibility index (Phi) is 11.3. The molecule has 0 bridgehead atoms. The molecule has 0 fully saturated rings. The molecule has 2 aromatic carbocycles. The molecule has 0 aliphatic rings. The summed E-state index contributed by atoms with van der Waals surface area (Å²) in [6.45, 7) is 0. The van der Waals surface area contributed by atoms with Crippen LogP contribution in [0, 0.1) is 12.1 Å². The van der Waals surface area contributed by atoms with Gasteiger partial charge in [-0.1, -0.05) is 18.2 Å². The second-order valence-corrected chi connectivity index (χ2v) is 4.59. The number of hydrogen-bond donors (Lipinski definition) is 0. The minimum Gasteiger partial charge on any atom is -0.305 e. The summed E-state index contributed by atoms with van der Waals surface area (Å²) >= 11 is 0. The molecule has 2 aromatic heterocycles. The van der Waals surface area contributed by atoms with Crippen molar-refractivity contribution in [3.8, 4) is 11.3 Å². The number of rotatable bonds is 1. The van der Waals surface area contributed by atoms with Crippen LogP contribution in [-0.4, -0.2) is 9.97 Å². The van der Waals surface area contributed by atoms with Crippen molar-refractivity contribution < 1.29 is 20.1 Å². The molecule has 0 saturated carbocycles. The van der Waals surface area contributed by atoms with Crippen molar-refractivity contribution in [2.75, 3.05) is 0 Å². The zero-order chi connectivity index (χ0) is 16.7. The van der Waals surface area contributed by atoms with Gasteiger partial charge in [0.1, 0.15) is 0 Å². The summed E-state index contributed by atoms with van der Waals surface area (Å²) < 4.78 is 0. The number of pyridine rings is 2. The Balaban J connectivity index is 0.000000204. The third-order valence-corrected chi connectivity index (χ3v) is 2.82. The smallest absolute Gasteiger partial charge is 0.0267 e. The van der Waals surface area contributed by atoms with Gasteiger partial charge in [0.25, 0.3) is 0 Å². The van der Waals surface area contributed by atoms with E-state index in [1.54, 1.807) is 18.6 Å². The minimum atomic E-state index is 0. The number of nitrogens with zero attached hydrogens (tertiary/aromatic N) is 2. The van der Waals surface area contributed by atoms with Crippen LogP contribution >= 0.6 is 0 Å². The van der Waals surface area contributed by atoms with Crippen LogP contribution in [-0.2, 0) is 20.1 Å². The first kappa shape index (κ1) is 20.4. The van der Waals surface area contributed by atoms with Crippen LogP contribution in [0.2, 0.25) is 0 Å². The Morgan fingerprint density at radius 2 is 1.24 bits per heavy atom. The van der Waals surface area contributed by atoms with Crippen molar-refractivity contribution in [2.45, 2.75) is 0 Å². The third kappa shape index (κ3) is 9.31. The maximum Gasteiger partial charge on any atom is 0.0267 e. The molecule has 0 aliphatic carbocycles. The SMILES string of the molecule is [Ir].[c-]1ccccc1.[c-]1ccccc1-c1ccccn1.c1ccncc1. The zero-order valence-electron chi connectivity index (χ0n) is 13.6. The minimum absolute atomic E-state index is 0. The van der Waals surface area contributed by atoms with Crippen LogP contribution in [0.15, 0.2) is 110 Å². The largest absolute Gasteiger partial charge is 0.305 e. The van der Waals surface area contributed by atoms with Gasteiger partial charge in [-0.05, 0) is 23.9 Å². The van der Waals surface area contributed by atoms with Gasteiger partial charge in [0.05, 0.1) is 0 Å². The Labute approximate surface area is 163 Å². The Morgan fingerprint density at radius 3 is 1.64 bits per heavy atom. The van der Waals surface area contributed by atoms with Crippen molar-refractivity contribution in [3.63, 3.8) is 0 Å². The maximum atomic E-state index is 4.22. The van der Waals surface area contributed by atoms with E-state index in [0.29, 0.717) is 0 Å². The molecular formula is C22H18IrN2-2. The fourth-order valence-corrected chi connectivity index (χ4v) is 1.73. The zero-order valence-corrected chi connectivity index (χ0v) is 16.0. The van der Waals surface area contributed by atoms with Crippen molar-refractivity contribution >= 4 is 0 Å². The molecule has 0 amide bonds. The molecule has 0 saturated heterocycles. The molecule has 3 heteroatoms. The number of benzene rings is 2. The Morgan fingerprint density at radius 1 is 0.600 bits per heavy atom. The topological polar surface area (TPSA) is 25.8 Å². The molecule has 1 radical (unpaired) electrons. The molecule has 0 aliphatic heterocycles. The van der Waals surface area contributed by atoms with E-state index in [1.807, 2.05) is 91.0 Å². The van der Waals surface area contributed by atoms with Crippen molar-refractivity contribution in [1.82, 2.24) is 9.97 Å². The van der Waals surface area contributed by atoms with E-state index in [-0.39, 0.29) is 20.1 Å². The van der Waals surface area contributed by atoms with Gasteiger partial charge in [0, 0.05) is 38.7 Å². The van der Waals surface area contributed by atoms with Crippen molar-refractivity contribution in [2.24, 2.45) is 0 Å². The summed E-state index contributed by atoms with van der Waals surface area (Å²) in [5.74, 6) is 0. The summed E-state index contributed by atoms with van der Waals surface area (Å²) in [5.41, 5.74) is 2.01. The summed E-state index contributed by atoms with van der Waals surface area (Å²) in [7, 11) is 0. The van der Waals surface area contributed by atoms with Crippen molar-refractivity contribution in [1.29, 1.82) is 0 Å². The second kappa shape index (κ2) is 13.8. The molecule has 4 aromatic rings. The maximum absolute atomic E-state index is 4.22. The predicted molar refractivity (Wildman–Crippen MR) is 98.0 cm³/mol. The summed E-state index contributed by atoms with van der Waals surface area (Å²) in [4.78, 5) is 8.00. The van der Waals surface area contributed by atoms with Crippen molar-refractivity contribution in [3.05, 3.63) is 122 Å². The van der Waals surface area contributed by atoms with Gasteiger partial charge >= 0.3 is 0 Å². The van der Waals surface area contributed by atoms with E-state index < -0.39 is 0 Å². The first-order chi connectivity index (χ1) is 12.0. The molecule has 0 unspecified atom stereocenters. The monoisotopic (exact) mass is 503 g/mol. The fraction of sp³-hybridized carbons (Fsp3) is 0. The van der Waals surface area contributed by atoms with Crippen LogP contribution in [0.25, 0.3) is 11.3 Å². The molecule has 0 spiro atoms. The number of aromatic nitrogens is 2. The van der Waals surface area contributed by atoms with Crippen LogP contribution in [0.1, 0.15) is 0 Å². The van der Waals surface area contributed by atoms with E-state index in [1.165, 1.54) is 0 Å². The van der Waals surface area contributed by atoms with Gasteiger partial charge in [-0.25, -0.2) is 0 Å². The first-order valence-corrected chi connectivity index (χ1v) is 7.61. The van der Waals surface area contributed by atoms with E-state index in [9.17, 15) is 0 Å². The van der Waals surface area contributed by atoms with Crippen LogP contribution < -0.4 is 0 Å². The van der Waals surface area contributed by atoms with Crippen LogP contribution in [0.4, 0.5) is 0 Å². The normalized spacial score (nSPS) is 8.48. The van der Waals surface area contributed by atoms with E-state index >= 15 is 0 Å². The fourth-order valence-electron chi connectivity index (χ4n) is 1.73. The molecule has 0 atom stereocenters. The van der Waals surface area contributed by atoms with E-state index in [4.69, 9.17) is 0 Å². The quantitative estimate of drug-likeness (QED) is 0.338. The Hall–Kier alpha value is -2.61. The predicted octanol–water partition coefficient (Wildman–Crippen LogP) is 5.11. The standard InChI is InChI=1S/C11H8N.C6H5.C5H5N.Ir/c1-2-6-10(7-3-1)11-8-4-5-9-12-11;2*1-2-4-6-5-3-1;/h1-6,8-9H;2*1-5H;/q2*-1;;. The molecule has 0 N–H and O–H groups in total. The third-order valence-electron chi connectivity index (χ3n) is 2.82.